The minimum absolute atomic E-state index is 0.0200. The number of allylic oxidation sites excluding steroid dienone is 1. The maximum absolute atomic E-state index is 12.0. The number of hydrogen-bond acceptors (Lipinski definition) is 4. The Labute approximate surface area is 109 Å². The number of benzene rings is 1. The molecule has 0 amide bonds. The van der Waals surface area contributed by atoms with Gasteiger partial charge in [0.1, 0.15) is 0 Å². The fraction of sp³-hybridized carbons (Fsp3) is 0.200. The first-order chi connectivity index (χ1) is 9.20. The fourth-order valence-electron chi connectivity index (χ4n) is 2.36. The summed E-state index contributed by atoms with van der Waals surface area (Å²) in [6, 6.07) is 5.44. The minimum atomic E-state index is -0.397. The van der Waals surface area contributed by atoms with Crippen molar-refractivity contribution in [2.45, 2.75) is 12.8 Å². The fourth-order valence-corrected chi connectivity index (χ4v) is 2.36. The van der Waals surface area contributed by atoms with Crippen molar-refractivity contribution in [3.05, 3.63) is 45.8 Å². The highest BCUT2D eigenvalue weighted by molar-refractivity contribution is 5.99. The van der Waals surface area contributed by atoms with Gasteiger partial charge in [-0.25, -0.2) is 4.79 Å². The molecular weight excluding hydrogens is 244 g/mol. The number of methoxy groups -OCH3 is 1. The molecule has 0 aliphatic heterocycles. The van der Waals surface area contributed by atoms with Crippen LogP contribution in [0.4, 0.5) is 0 Å². The molecule has 1 aliphatic rings. The molecule has 2 aromatic rings. The summed E-state index contributed by atoms with van der Waals surface area (Å²) in [5, 5.41) is 0.792. The Morgan fingerprint density at radius 1 is 1.16 bits per heavy atom. The SMILES string of the molecule is COc1cccc2c3c(c(=O)oc12)CCC(=O)C=C3. The van der Waals surface area contributed by atoms with Crippen LogP contribution in [-0.2, 0) is 11.2 Å². The van der Waals surface area contributed by atoms with E-state index in [1.54, 1.807) is 12.1 Å². The Bertz CT molecular complexity index is 753. The predicted octanol–water partition coefficient (Wildman–Crippen LogP) is 2.33. The van der Waals surface area contributed by atoms with Crippen molar-refractivity contribution in [2.24, 2.45) is 0 Å². The van der Waals surface area contributed by atoms with Crippen LogP contribution >= 0.6 is 0 Å². The summed E-state index contributed by atoms with van der Waals surface area (Å²) in [5.74, 6) is 0.535. The quantitative estimate of drug-likeness (QED) is 0.735. The van der Waals surface area contributed by atoms with E-state index in [1.807, 2.05) is 12.1 Å². The number of carbonyl (C=O) groups is 1. The third-order valence-electron chi connectivity index (χ3n) is 3.31. The van der Waals surface area contributed by atoms with E-state index in [-0.39, 0.29) is 5.78 Å². The van der Waals surface area contributed by atoms with Gasteiger partial charge in [0, 0.05) is 17.4 Å². The molecule has 1 aromatic carbocycles. The van der Waals surface area contributed by atoms with Crippen LogP contribution in [0.5, 0.6) is 5.75 Å². The van der Waals surface area contributed by atoms with Gasteiger partial charge >= 0.3 is 5.63 Å². The Morgan fingerprint density at radius 3 is 2.79 bits per heavy atom. The third kappa shape index (κ3) is 1.85. The number of ether oxygens (including phenoxy) is 1. The van der Waals surface area contributed by atoms with Crippen molar-refractivity contribution in [2.75, 3.05) is 7.11 Å². The first kappa shape index (κ1) is 11.7. The molecule has 0 unspecified atom stereocenters. The molecule has 0 fully saturated rings. The molecule has 1 heterocycles. The van der Waals surface area contributed by atoms with Gasteiger partial charge in [0.2, 0.25) is 0 Å². The molecule has 0 N–H and O–H groups in total. The van der Waals surface area contributed by atoms with Crippen LogP contribution in [-0.4, -0.2) is 12.9 Å². The van der Waals surface area contributed by atoms with Crippen LogP contribution in [0.2, 0.25) is 0 Å². The Hall–Kier alpha value is -2.36. The molecule has 0 saturated heterocycles. The number of ketones is 1. The molecular formula is C15H12O4. The second-order valence-electron chi connectivity index (χ2n) is 4.42. The molecule has 1 aromatic heterocycles. The molecule has 1 aliphatic carbocycles. The van der Waals surface area contributed by atoms with Crippen LogP contribution in [0.3, 0.4) is 0 Å². The van der Waals surface area contributed by atoms with Gasteiger partial charge in [-0.2, -0.15) is 0 Å². The van der Waals surface area contributed by atoms with Gasteiger partial charge in [0.15, 0.2) is 17.1 Å². The first-order valence-corrected chi connectivity index (χ1v) is 6.04. The van der Waals surface area contributed by atoms with Crippen LogP contribution in [0.15, 0.2) is 33.5 Å². The Kier molecular flexibility index (Phi) is 2.71. The summed E-state index contributed by atoms with van der Waals surface area (Å²) in [7, 11) is 1.53. The minimum Gasteiger partial charge on any atom is -0.493 e. The van der Waals surface area contributed by atoms with Crippen molar-refractivity contribution >= 4 is 22.8 Å². The number of carbonyl (C=O) groups excluding carboxylic acids is 1. The Balaban J connectivity index is 2.42. The van der Waals surface area contributed by atoms with E-state index < -0.39 is 5.63 Å². The zero-order valence-electron chi connectivity index (χ0n) is 10.4. The molecule has 0 bridgehead atoms. The van der Waals surface area contributed by atoms with Crippen LogP contribution in [0, 0.1) is 0 Å². The van der Waals surface area contributed by atoms with E-state index >= 15 is 0 Å². The van der Waals surface area contributed by atoms with Crippen LogP contribution in [0.1, 0.15) is 17.5 Å². The average Bonchev–Trinajstić information content (AvgIpc) is 2.61. The summed E-state index contributed by atoms with van der Waals surface area (Å²) >= 11 is 0. The molecule has 4 nitrogen and oxygen atoms in total. The molecule has 96 valence electrons. The summed E-state index contributed by atoms with van der Waals surface area (Å²) in [6.45, 7) is 0. The van der Waals surface area contributed by atoms with Gasteiger partial charge in [-0.3, -0.25) is 4.79 Å². The van der Waals surface area contributed by atoms with E-state index in [0.717, 1.165) is 10.9 Å². The van der Waals surface area contributed by atoms with Crippen molar-refractivity contribution < 1.29 is 13.9 Å². The van der Waals surface area contributed by atoms with Crippen molar-refractivity contribution in [1.29, 1.82) is 0 Å². The summed E-state index contributed by atoms with van der Waals surface area (Å²) < 4.78 is 10.5. The third-order valence-corrected chi connectivity index (χ3v) is 3.31. The second-order valence-corrected chi connectivity index (χ2v) is 4.42. The number of hydrogen-bond donors (Lipinski definition) is 0. The summed E-state index contributed by atoms with van der Waals surface area (Å²) in [4.78, 5) is 23.5. The number of para-hydroxylation sites is 1. The summed E-state index contributed by atoms with van der Waals surface area (Å²) in [5.41, 5.74) is 1.35. The van der Waals surface area contributed by atoms with Crippen LogP contribution < -0.4 is 10.4 Å². The maximum atomic E-state index is 12.0. The van der Waals surface area contributed by atoms with Crippen molar-refractivity contribution in [3.8, 4) is 5.75 Å². The van der Waals surface area contributed by atoms with Crippen molar-refractivity contribution in [1.82, 2.24) is 0 Å². The lowest BCUT2D eigenvalue weighted by Crippen LogP contribution is -2.10. The highest BCUT2D eigenvalue weighted by Crippen LogP contribution is 2.30. The maximum Gasteiger partial charge on any atom is 0.340 e. The molecule has 0 spiro atoms. The number of rotatable bonds is 1. The van der Waals surface area contributed by atoms with E-state index in [0.29, 0.717) is 29.7 Å². The molecule has 0 radical (unpaired) electrons. The largest absolute Gasteiger partial charge is 0.493 e. The standard InChI is InChI=1S/C15H12O4/c1-18-13-4-2-3-11-10-7-5-9(16)6-8-12(10)15(17)19-14(11)13/h2-5,7H,6,8H2,1H3. The van der Waals surface area contributed by atoms with Gasteiger partial charge in [0.05, 0.1) is 7.11 Å². The second kappa shape index (κ2) is 4.39. The predicted molar refractivity (Wildman–Crippen MR) is 71.4 cm³/mol. The molecule has 19 heavy (non-hydrogen) atoms. The van der Waals surface area contributed by atoms with E-state index in [9.17, 15) is 9.59 Å². The van der Waals surface area contributed by atoms with Gasteiger partial charge in [-0.15, -0.1) is 0 Å². The zero-order valence-corrected chi connectivity index (χ0v) is 10.4. The van der Waals surface area contributed by atoms with Gasteiger partial charge in [-0.05, 0) is 24.1 Å². The Morgan fingerprint density at radius 2 is 2.00 bits per heavy atom. The van der Waals surface area contributed by atoms with Crippen LogP contribution in [0.25, 0.3) is 17.0 Å². The summed E-state index contributed by atoms with van der Waals surface area (Å²) in [6.07, 6.45) is 3.97. The average molecular weight is 256 g/mol. The lowest BCUT2D eigenvalue weighted by molar-refractivity contribution is -0.114. The van der Waals surface area contributed by atoms with E-state index in [1.165, 1.54) is 13.2 Å². The van der Waals surface area contributed by atoms with E-state index in [2.05, 4.69) is 0 Å². The lowest BCUT2D eigenvalue weighted by atomic mass is 10.0. The highest BCUT2D eigenvalue weighted by atomic mass is 16.5. The van der Waals surface area contributed by atoms with Crippen molar-refractivity contribution in [3.63, 3.8) is 0 Å². The molecule has 3 rings (SSSR count). The first-order valence-electron chi connectivity index (χ1n) is 6.04. The van der Waals surface area contributed by atoms with E-state index in [4.69, 9.17) is 9.15 Å². The topological polar surface area (TPSA) is 56.5 Å². The van der Waals surface area contributed by atoms with Gasteiger partial charge in [-0.1, -0.05) is 18.2 Å². The van der Waals surface area contributed by atoms with Gasteiger partial charge in [0.25, 0.3) is 0 Å². The monoisotopic (exact) mass is 256 g/mol. The lowest BCUT2D eigenvalue weighted by Gasteiger charge is -2.08. The number of fused-ring (bicyclic) bond motifs is 3. The zero-order chi connectivity index (χ0) is 13.4. The molecule has 0 atom stereocenters. The van der Waals surface area contributed by atoms with Gasteiger partial charge < -0.3 is 9.15 Å². The smallest absolute Gasteiger partial charge is 0.340 e. The normalized spacial score (nSPS) is 14.3. The highest BCUT2D eigenvalue weighted by Gasteiger charge is 2.18. The molecule has 4 heteroatoms. The molecule has 0 saturated carbocycles.